The second-order valence-corrected chi connectivity index (χ2v) is 25.6. The Kier molecular flexibility index (Phi) is 10.7. The van der Waals surface area contributed by atoms with Crippen molar-refractivity contribution < 1.29 is 8.83 Å². The molecule has 432 valence electrons. The predicted octanol–water partition coefficient (Wildman–Crippen LogP) is 26.5. The third kappa shape index (κ3) is 7.31. The van der Waals surface area contributed by atoms with Gasteiger partial charge in [-0.1, -0.05) is 267 Å². The van der Waals surface area contributed by atoms with Crippen LogP contribution in [0.1, 0.15) is 0 Å². The van der Waals surface area contributed by atoms with Crippen LogP contribution in [0.3, 0.4) is 0 Å². The van der Waals surface area contributed by atoms with Gasteiger partial charge in [-0.05, 0) is 212 Å². The third-order valence-electron chi connectivity index (χ3n) is 20.7. The van der Waals surface area contributed by atoms with E-state index in [9.17, 15) is 0 Å². The molecular weight excluding hydrogens is 1140 g/mol. The molecule has 0 aliphatic rings. The summed E-state index contributed by atoms with van der Waals surface area (Å²) in [5.74, 6) is 0. The summed E-state index contributed by atoms with van der Waals surface area (Å²) in [4.78, 5) is 0. The highest BCUT2D eigenvalue weighted by Crippen LogP contribution is 2.51. The molecule has 2 nitrogen and oxygen atoms in total. The Hall–Kier alpha value is -12.4. The van der Waals surface area contributed by atoms with E-state index in [1.807, 2.05) is 0 Å². The van der Waals surface area contributed by atoms with Gasteiger partial charge in [0, 0.05) is 32.3 Å². The Labute approximate surface area is 539 Å². The summed E-state index contributed by atoms with van der Waals surface area (Å²) in [5.41, 5.74) is 15.6. The van der Waals surface area contributed by atoms with Crippen molar-refractivity contribution in [1.29, 1.82) is 0 Å². The Morgan fingerprint density at radius 1 is 0.160 bits per heavy atom. The van der Waals surface area contributed by atoms with Crippen LogP contribution >= 0.6 is 0 Å². The Morgan fingerprint density at radius 2 is 0.468 bits per heavy atom. The fraction of sp³-hybridized carbons (Fsp3) is 0. The van der Waals surface area contributed by atoms with Crippen LogP contribution in [0.15, 0.2) is 324 Å². The molecule has 0 unspecified atom stereocenters. The van der Waals surface area contributed by atoms with Gasteiger partial charge in [0.2, 0.25) is 0 Å². The summed E-state index contributed by atoms with van der Waals surface area (Å²) in [6.45, 7) is 0. The average Bonchev–Trinajstić information content (AvgIpc) is 1.55. The van der Waals surface area contributed by atoms with Crippen LogP contribution in [0.25, 0.3) is 218 Å². The van der Waals surface area contributed by atoms with Crippen LogP contribution in [0.5, 0.6) is 0 Å². The maximum absolute atomic E-state index is 7.20. The second-order valence-electron chi connectivity index (χ2n) is 25.6. The van der Waals surface area contributed by atoms with Gasteiger partial charge in [-0.25, -0.2) is 0 Å². The van der Waals surface area contributed by atoms with Crippen LogP contribution in [0.4, 0.5) is 0 Å². The van der Waals surface area contributed by atoms with E-state index < -0.39 is 0 Å². The fourth-order valence-electron chi connectivity index (χ4n) is 16.7. The van der Waals surface area contributed by atoms with Crippen LogP contribution < -0.4 is 0 Å². The quantitative estimate of drug-likeness (QED) is 0.127. The maximum atomic E-state index is 7.20. The minimum Gasteiger partial charge on any atom is -0.455 e. The molecule has 0 N–H and O–H groups in total. The number of hydrogen-bond acceptors (Lipinski definition) is 2. The van der Waals surface area contributed by atoms with Crippen LogP contribution in [0, 0.1) is 0 Å². The molecule has 2 aromatic heterocycles. The lowest BCUT2D eigenvalue weighted by Gasteiger charge is -2.19. The van der Waals surface area contributed by atoms with Crippen molar-refractivity contribution in [3.63, 3.8) is 0 Å². The number of rotatable bonds is 5. The van der Waals surface area contributed by atoms with Crippen LogP contribution in [0.2, 0.25) is 0 Å². The SMILES string of the molecule is c1ccc2cc(-c3c4ccccc4c(-c4ccc5oc6c7cc(-c8cc9ccc(-c%10c%11ccccc%11c(-c%11ccc%12oc%13c%14ccccc%14c%14ccccc%14c%13c%12c%11)c%11ccccc%10%11)cc9c9ccccc89)ccc7c7ccccc7c6c5c4)c4ccccc34)ccc2c1. The first-order chi connectivity index (χ1) is 46.6. The van der Waals surface area contributed by atoms with Crippen molar-refractivity contribution >= 4 is 162 Å². The normalized spacial score (nSPS) is 12.3. The summed E-state index contributed by atoms with van der Waals surface area (Å²) in [5, 5.41) is 31.1. The largest absolute Gasteiger partial charge is 0.455 e. The summed E-state index contributed by atoms with van der Waals surface area (Å²) in [6.07, 6.45) is 0. The van der Waals surface area contributed by atoms with E-state index in [0.717, 1.165) is 65.8 Å². The second kappa shape index (κ2) is 19.6. The Bertz CT molecular complexity index is 6800. The molecule has 0 saturated carbocycles. The van der Waals surface area contributed by atoms with Gasteiger partial charge in [-0.2, -0.15) is 0 Å². The molecule has 0 fully saturated rings. The van der Waals surface area contributed by atoms with E-state index in [1.54, 1.807) is 0 Å². The smallest absolute Gasteiger partial charge is 0.143 e. The topological polar surface area (TPSA) is 26.3 Å². The molecule has 0 aliphatic heterocycles. The molecule has 0 saturated heterocycles. The molecule has 0 radical (unpaired) electrons. The molecule has 94 heavy (non-hydrogen) atoms. The number of furan rings is 2. The highest BCUT2D eigenvalue weighted by atomic mass is 16.3. The standard InChI is InChI=1S/C92H52O2/c1-2-20-54-47-57(39-37-53(54)19-1)85-69-28-10-12-30-71(69)87(72-31-13-11-29-70(72)85)60-43-46-84-82(52-60)90-68-27-9-6-22-62(68)66-44-41-56(49-80(66)92(90)94-84)78-48-55-38-40-58(50-79(55)65-25-4-3-24-64(65)78)86-73-32-14-16-34-75(73)88(76-35-17-15-33-74(76)86)59-42-45-83-81(51-59)89-67-26-8-5-21-61(67)63-23-7-18-36-77(63)91(89)93-83/h1-52H. The lowest BCUT2D eigenvalue weighted by Crippen LogP contribution is -1.91. The third-order valence-corrected chi connectivity index (χ3v) is 20.7. The molecular formula is C92H52O2. The summed E-state index contributed by atoms with van der Waals surface area (Å²) in [7, 11) is 0. The fourth-order valence-corrected chi connectivity index (χ4v) is 16.7. The van der Waals surface area contributed by atoms with Crippen molar-refractivity contribution in [2.75, 3.05) is 0 Å². The van der Waals surface area contributed by atoms with Crippen molar-refractivity contribution in [3.05, 3.63) is 315 Å². The zero-order valence-electron chi connectivity index (χ0n) is 50.8. The van der Waals surface area contributed by atoms with Crippen LogP contribution in [-0.4, -0.2) is 0 Å². The number of hydrogen-bond donors (Lipinski definition) is 0. The summed E-state index contributed by atoms with van der Waals surface area (Å²) in [6, 6.07) is 117. The van der Waals surface area contributed by atoms with Gasteiger partial charge in [0.05, 0.1) is 0 Å². The monoisotopic (exact) mass is 1190 g/mol. The first-order valence-electron chi connectivity index (χ1n) is 32.5. The van der Waals surface area contributed by atoms with Crippen molar-refractivity contribution in [2.45, 2.75) is 0 Å². The highest BCUT2D eigenvalue weighted by molar-refractivity contribution is 6.34. The van der Waals surface area contributed by atoms with Gasteiger partial charge in [0.25, 0.3) is 0 Å². The van der Waals surface area contributed by atoms with Gasteiger partial charge < -0.3 is 8.83 Å². The Balaban J connectivity index is 0.719. The molecule has 0 bridgehead atoms. The van der Waals surface area contributed by atoms with Crippen LogP contribution in [-0.2, 0) is 0 Å². The van der Waals surface area contributed by atoms with Crippen molar-refractivity contribution in [3.8, 4) is 55.6 Å². The minimum absolute atomic E-state index is 0.873. The highest BCUT2D eigenvalue weighted by Gasteiger charge is 2.24. The van der Waals surface area contributed by atoms with E-state index in [-0.39, 0.29) is 0 Å². The van der Waals surface area contributed by atoms with Gasteiger partial charge >= 0.3 is 0 Å². The van der Waals surface area contributed by atoms with E-state index in [4.69, 9.17) is 8.83 Å². The van der Waals surface area contributed by atoms with Crippen molar-refractivity contribution in [1.82, 2.24) is 0 Å². The molecule has 0 spiro atoms. The lowest BCUT2D eigenvalue weighted by molar-refractivity contribution is 0.672. The van der Waals surface area contributed by atoms with Gasteiger partial charge in [-0.15, -0.1) is 0 Å². The van der Waals surface area contributed by atoms with Crippen molar-refractivity contribution in [2.24, 2.45) is 0 Å². The lowest BCUT2D eigenvalue weighted by atomic mass is 9.84. The Morgan fingerprint density at radius 3 is 0.947 bits per heavy atom. The number of fused-ring (bicyclic) bond motifs is 24. The molecule has 2 heteroatoms. The first-order valence-corrected chi connectivity index (χ1v) is 32.5. The molecule has 21 rings (SSSR count). The molecule has 0 atom stereocenters. The van der Waals surface area contributed by atoms with E-state index in [1.165, 1.54) is 152 Å². The van der Waals surface area contributed by atoms with E-state index >= 15 is 0 Å². The molecule has 0 amide bonds. The summed E-state index contributed by atoms with van der Waals surface area (Å²) < 4.78 is 14.0. The molecule has 21 aromatic rings. The van der Waals surface area contributed by atoms with E-state index in [0.29, 0.717) is 0 Å². The molecule has 2 heterocycles. The minimum atomic E-state index is 0.873. The van der Waals surface area contributed by atoms with Gasteiger partial charge in [0.15, 0.2) is 0 Å². The zero-order chi connectivity index (χ0) is 61.3. The van der Waals surface area contributed by atoms with Gasteiger partial charge in [0.1, 0.15) is 22.3 Å². The maximum Gasteiger partial charge on any atom is 0.143 e. The van der Waals surface area contributed by atoms with Gasteiger partial charge in [-0.3, -0.25) is 0 Å². The van der Waals surface area contributed by atoms with E-state index in [2.05, 4.69) is 315 Å². The number of benzene rings is 19. The zero-order valence-corrected chi connectivity index (χ0v) is 50.8. The summed E-state index contributed by atoms with van der Waals surface area (Å²) >= 11 is 0. The molecule has 19 aromatic carbocycles. The molecule has 0 aliphatic carbocycles. The predicted molar refractivity (Wildman–Crippen MR) is 401 cm³/mol. The average molecular weight is 1190 g/mol. The first kappa shape index (κ1) is 51.4.